The van der Waals surface area contributed by atoms with Crippen molar-refractivity contribution in [1.29, 1.82) is 0 Å². The van der Waals surface area contributed by atoms with Crippen LogP contribution in [0.5, 0.6) is 0 Å². The molecular weight excluding hydrogens is 128 g/mol. The molecule has 4 atom stereocenters. The molecule has 10 heavy (non-hydrogen) atoms. The maximum absolute atomic E-state index is 9.38. The second-order valence-electron chi connectivity index (χ2n) is 3.36. The zero-order valence-electron chi connectivity index (χ0n) is 6.62. The summed E-state index contributed by atoms with van der Waals surface area (Å²) in [5.74, 6) is 0.602. The average Bonchev–Trinajstić information content (AvgIpc) is 2.17. The van der Waals surface area contributed by atoms with Crippen LogP contribution in [-0.4, -0.2) is 22.4 Å². The predicted octanol–water partition coefficient (Wildman–Crippen LogP) is 0.774. The van der Waals surface area contributed by atoms with Crippen molar-refractivity contribution in [2.75, 3.05) is 0 Å². The lowest BCUT2D eigenvalue weighted by Crippen LogP contribution is -2.26. The van der Waals surface area contributed by atoms with E-state index in [9.17, 15) is 10.2 Å². The van der Waals surface area contributed by atoms with Crippen molar-refractivity contribution in [3.8, 4) is 0 Å². The van der Waals surface area contributed by atoms with Crippen LogP contribution in [0.25, 0.3) is 0 Å². The average molecular weight is 144 g/mol. The van der Waals surface area contributed by atoms with Gasteiger partial charge >= 0.3 is 0 Å². The first-order valence-corrected chi connectivity index (χ1v) is 4.03. The van der Waals surface area contributed by atoms with Crippen LogP contribution in [0.15, 0.2) is 0 Å². The molecule has 0 heterocycles. The predicted molar refractivity (Wildman–Crippen MR) is 39.6 cm³/mol. The third kappa shape index (κ3) is 1.18. The molecule has 0 aliphatic heterocycles. The molecule has 2 N–H and O–H groups in total. The summed E-state index contributed by atoms with van der Waals surface area (Å²) in [6, 6.07) is 0. The van der Waals surface area contributed by atoms with Crippen LogP contribution < -0.4 is 0 Å². The van der Waals surface area contributed by atoms with Crippen LogP contribution in [-0.2, 0) is 0 Å². The van der Waals surface area contributed by atoms with Crippen LogP contribution in [0.3, 0.4) is 0 Å². The van der Waals surface area contributed by atoms with Gasteiger partial charge in [0.05, 0.1) is 12.2 Å². The molecule has 2 heteroatoms. The van der Waals surface area contributed by atoms with Crippen molar-refractivity contribution in [1.82, 2.24) is 0 Å². The van der Waals surface area contributed by atoms with E-state index in [1.54, 1.807) is 0 Å². The Morgan fingerprint density at radius 1 is 1.30 bits per heavy atom. The zero-order chi connectivity index (χ0) is 7.72. The first kappa shape index (κ1) is 8.02. The van der Waals surface area contributed by atoms with Crippen molar-refractivity contribution in [2.45, 2.75) is 38.9 Å². The first-order chi connectivity index (χ1) is 4.66. The molecule has 1 rings (SSSR count). The normalized spacial score (nSPS) is 48.0. The van der Waals surface area contributed by atoms with Gasteiger partial charge < -0.3 is 10.2 Å². The van der Waals surface area contributed by atoms with Gasteiger partial charge in [0, 0.05) is 0 Å². The van der Waals surface area contributed by atoms with Gasteiger partial charge in [-0.3, -0.25) is 0 Å². The number of aliphatic hydroxyl groups excluding tert-OH is 2. The van der Waals surface area contributed by atoms with E-state index in [4.69, 9.17) is 0 Å². The molecule has 0 spiro atoms. The van der Waals surface area contributed by atoms with E-state index in [2.05, 4.69) is 6.92 Å². The molecule has 1 saturated carbocycles. The fourth-order valence-electron chi connectivity index (χ4n) is 1.78. The van der Waals surface area contributed by atoms with Gasteiger partial charge in [0.1, 0.15) is 0 Å². The van der Waals surface area contributed by atoms with Gasteiger partial charge in [-0.1, -0.05) is 20.3 Å². The molecule has 4 unspecified atom stereocenters. The summed E-state index contributed by atoms with van der Waals surface area (Å²) in [5, 5.41) is 18.7. The zero-order valence-corrected chi connectivity index (χ0v) is 6.62. The summed E-state index contributed by atoms with van der Waals surface area (Å²) in [4.78, 5) is 0. The van der Waals surface area contributed by atoms with Crippen LogP contribution in [0.1, 0.15) is 26.7 Å². The topological polar surface area (TPSA) is 40.5 Å². The van der Waals surface area contributed by atoms with Gasteiger partial charge in [0.25, 0.3) is 0 Å². The van der Waals surface area contributed by atoms with E-state index < -0.39 is 12.2 Å². The minimum absolute atomic E-state index is 0.278. The van der Waals surface area contributed by atoms with E-state index in [0.29, 0.717) is 5.92 Å². The minimum atomic E-state index is -0.482. The van der Waals surface area contributed by atoms with E-state index in [1.165, 1.54) is 0 Å². The maximum Gasteiger partial charge on any atom is 0.0829 e. The highest BCUT2D eigenvalue weighted by molar-refractivity contribution is 4.87. The monoisotopic (exact) mass is 144 g/mol. The Labute approximate surface area is 61.9 Å². The Morgan fingerprint density at radius 2 is 1.90 bits per heavy atom. The summed E-state index contributed by atoms with van der Waals surface area (Å²) in [6.45, 7) is 4.04. The van der Waals surface area contributed by atoms with Gasteiger partial charge in [-0.2, -0.15) is 0 Å². The van der Waals surface area contributed by atoms with Crippen molar-refractivity contribution in [3.05, 3.63) is 0 Å². The Balaban J connectivity index is 2.53. The lowest BCUT2D eigenvalue weighted by molar-refractivity contribution is 0.00625. The third-order valence-corrected chi connectivity index (χ3v) is 2.61. The molecule has 1 aliphatic rings. The fraction of sp³-hybridized carbons (Fsp3) is 1.00. The SMILES string of the molecule is CCC1CC(C)C(O)C1O. The Hall–Kier alpha value is -0.0800. The Kier molecular flexibility index (Phi) is 2.32. The smallest absolute Gasteiger partial charge is 0.0829 e. The van der Waals surface area contributed by atoms with E-state index >= 15 is 0 Å². The Morgan fingerprint density at radius 3 is 2.10 bits per heavy atom. The number of aliphatic hydroxyl groups is 2. The quantitative estimate of drug-likeness (QED) is 0.570. The second-order valence-corrected chi connectivity index (χ2v) is 3.36. The molecule has 0 amide bonds. The largest absolute Gasteiger partial charge is 0.390 e. The molecule has 0 aromatic carbocycles. The van der Waals surface area contributed by atoms with Crippen molar-refractivity contribution in [2.24, 2.45) is 11.8 Å². The molecular formula is C8H16O2. The summed E-state index contributed by atoms with van der Waals surface area (Å²) in [6.07, 6.45) is 0.992. The summed E-state index contributed by atoms with van der Waals surface area (Å²) in [7, 11) is 0. The minimum Gasteiger partial charge on any atom is -0.390 e. The highest BCUT2D eigenvalue weighted by Gasteiger charge is 2.37. The Bertz CT molecular complexity index is 114. The van der Waals surface area contributed by atoms with Gasteiger partial charge in [-0.05, 0) is 18.3 Å². The molecule has 1 fully saturated rings. The summed E-state index contributed by atoms with van der Waals surface area (Å²) < 4.78 is 0. The lowest BCUT2D eigenvalue weighted by atomic mass is 10.0. The van der Waals surface area contributed by atoms with Crippen molar-refractivity contribution < 1.29 is 10.2 Å². The summed E-state index contributed by atoms with van der Waals surface area (Å²) in [5.41, 5.74) is 0. The fourth-order valence-corrected chi connectivity index (χ4v) is 1.78. The number of rotatable bonds is 1. The van der Waals surface area contributed by atoms with Crippen molar-refractivity contribution in [3.63, 3.8) is 0 Å². The lowest BCUT2D eigenvalue weighted by Gasteiger charge is -2.13. The van der Waals surface area contributed by atoms with Gasteiger partial charge in [0.15, 0.2) is 0 Å². The van der Waals surface area contributed by atoms with Crippen molar-refractivity contribution >= 4 is 0 Å². The number of hydrogen-bond acceptors (Lipinski definition) is 2. The summed E-state index contributed by atoms with van der Waals surface area (Å²) >= 11 is 0. The molecule has 60 valence electrons. The van der Waals surface area contributed by atoms with Crippen LogP contribution in [0, 0.1) is 11.8 Å². The maximum atomic E-state index is 9.38. The molecule has 0 saturated heterocycles. The van der Waals surface area contributed by atoms with Gasteiger partial charge in [-0.25, -0.2) is 0 Å². The highest BCUT2D eigenvalue weighted by Crippen LogP contribution is 2.32. The van der Waals surface area contributed by atoms with Crippen LogP contribution in [0.4, 0.5) is 0 Å². The van der Waals surface area contributed by atoms with E-state index in [-0.39, 0.29) is 5.92 Å². The molecule has 2 nitrogen and oxygen atoms in total. The molecule has 0 aromatic rings. The first-order valence-electron chi connectivity index (χ1n) is 4.03. The molecule has 0 radical (unpaired) electrons. The molecule has 0 aromatic heterocycles. The van der Waals surface area contributed by atoms with Gasteiger partial charge in [-0.15, -0.1) is 0 Å². The standard InChI is InChI=1S/C8H16O2/c1-3-6-4-5(2)7(9)8(6)10/h5-10H,3-4H2,1-2H3. The van der Waals surface area contributed by atoms with Gasteiger partial charge in [0.2, 0.25) is 0 Å². The second kappa shape index (κ2) is 2.89. The highest BCUT2D eigenvalue weighted by atomic mass is 16.3. The third-order valence-electron chi connectivity index (χ3n) is 2.61. The van der Waals surface area contributed by atoms with E-state index in [0.717, 1.165) is 12.8 Å². The number of hydrogen-bond donors (Lipinski definition) is 2. The van der Waals surface area contributed by atoms with E-state index in [1.807, 2.05) is 6.92 Å². The van der Waals surface area contributed by atoms with Crippen LogP contribution in [0.2, 0.25) is 0 Å². The van der Waals surface area contributed by atoms with Crippen LogP contribution >= 0.6 is 0 Å². The molecule has 0 bridgehead atoms. The molecule has 1 aliphatic carbocycles.